The molecule has 5 nitrogen and oxygen atoms in total. The van der Waals surface area contributed by atoms with Crippen LogP contribution in [0.4, 0.5) is 0 Å². The lowest BCUT2D eigenvalue weighted by molar-refractivity contribution is -0.0174. The molecule has 0 aliphatic carbocycles. The van der Waals surface area contributed by atoms with Gasteiger partial charge in [-0.05, 0) is 100 Å². The van der Waals surface area contributed by atoms with E-state index in [0.29, 0.717) is 37.9 Å². The molecule has 2 N–H and O–H groups in total. The van der Waals surface area contributed by atoms with Gasteiger partial charge in [-0.1, -0.05) is 117 Å². The molecule has 1 saturated heterocycles. The Morgan fingerprint density at radius 3 is 2.15 bits per heavy atom. The van der Waals surface area contributed by atoms with Gasteiger partial charge in [-0.15, -0.1) is 0 Å². The highest BCUT2D eigenvalue weighted by atomic mass is 16.8. The Kier molecular flexibility index (Phi) is 14.1. The van der Waals surface area contributed by atoms with Gasteiger partial charge in [0.1, 0.15) is 11.9 Å². The molecule has 1 fully saturated rings. The van der Waals surface area contributed by atoms with Gasteiger partial charge in [-0.2, -0.15) is 0 Å². The van der Waals surface area contributed by atoms with Crippen molar-refractivity contribution in [2.45, 2.75) is 119 Å². The summed E-state index contributed by atoms with van der Waals surface area (Å²) >= 11 is 0. The molecule has 5 atom stereocenters. The van der Waals surface area contributed by atoms with Crippen molar-refractivity contribution in [3.8, 4) is 28.0 Å². The third kappa shape index (κ3) is 10.4. The van der Waals surface area contributed by atoms with Crippen molar-refractivity contribution in [2.75, 3.05) is 19.8 Å². The number of hydrogen-bond acceptors (Lipinski definition) is 5. The first-order chi connectivity index (χ1) is 23.0. The fourth-order valence-corrected chi connectivity index (χ4v) is 6.53. The molecular formula is C43H62O5. The molecule has 5 heteroatoms. The second-order valence-electron chi connectivity index (χ2n) is 15.3. The summed E-state index contributed by atoms with van der Waals surface area (Å²) in [4.78, 5) is 0. The highest BCUT2D eigenvalue weighted by Crippen LogP contribution is 2.36. The molecule has 0 aromatic heterocycles. The van der Waals surface area contributed by atoms with Gasteiger partial charge in [0.15, 0.2) is 6.29 Å². The second kappa shape index (κ2) is 17.8. The maximum Gasteiger partial charge on any atom is 0.184 e. The maximum atomic E-state index is 10.8. The van der Waals surface area contributed by atoms with Gasteiger partial charge in [-0.25, -0.2) is 0 Å². The first-order valence-electron chi connectivity index (χ1n) is 18.5. The molecular weight excluding hydrogens is 596 g/mol. The predicted octanol–water partition coefficient (Wildman–Crippen LogP) is 9.68. The van der Waals surface area contributed by atoms with E-state index >= 15 is 0 Å². The number of hydrogen-bond donors (Lipinski definition) is 2. The third-order valence-electron chi connectivity index (χ3n) is 10.2. The fraction of sp³-hybridized carbons (Fsp3) is 0.581. The van der Waals surface area contributed by atoms with Crippen LogP contribution in [-0.2, 0) is 28.7 Å². The summed E-state index contributed by atoms with van der Waals surface area (Å²) in [6.45, 7) is 18.0. The molecule has 0 radical (unpaired) electrons. The quantitative estimate of drug-likeness (QED) is 0.0991. The number of unbranched alkanes of at least 4 members (excludes halogenated alkanes) is 2. The van der Waals surface area contributed by atoms with Gasteiger partial charge in [0.05, 0.1) is 19.3 Å². The van der Waals surface area contributed by atoms with E-state index in [9.17, 15) is 10.2 Å². The van der Waals surface area contributed by atoms with Crippen molar-refractivity contribution < 1.29 is 24.4 Å². The van der Waals surface area contributed by atoms with Crippen LogP contribution in [-0.4, -0.2) is 48.5 Å². The molecule has 1 heterocycles. The van der Waals surface area contributed by atoms with Crippen molar-refractivity contribution in [1.29, 1.82) is 0 Å². The van der Waals surface area contributed by atoms with Crippen LogP contribution in [0.1, 0.15) is 97.8 Å². The summed E-state index contributed by atoms with van der Waals surface area (Å²) in [6.07, 6.45) is 6.54. The van der Waals surface area contributed by atoms with Crippen molar-refractivity contribution >= 4 is 0 Å². The van der Waals surface area contributed by atoms with Crippen molar-refractivity contribution in [3.05, 3.63) is 77.4 Å². The number of rotatable bonds is 19. The number of benzene rings is 3. The molecule has 48 heavy (non-hydrogen) atoms. The zero-order valence-corrected chi connectivity index (χ0v) is 30.9. The van der Waals surface area contributed by atoms with Crippen LogP contribution in [0.2, 0.25) is 0 Å². The van der Waals surface area contributed by atoms with Gasteiger partial charge < -0.3 is 24.4 Å². The normalized spacial score (nSPS) is 18.1. The average Bonchev–Trinajstić information content (AvgIpc) is 3.85. The number of aryl methyl sites for hydroxylation is 2. The zero-order chi connectivity index (χ0) is 34.8. The average molecular weight is 659 g/mol. The van der Waals surface area contributed by atoms with E-state index in [1.807, 2.05) is 20.8 Å². The summed E-state index contributed by atoms with van der Waals surface area (Å²) in [6, 6.07) is 22.4. The van der Waals surface area contributed by atoms with Crippen molar-refractivity contribution in [2.24, 2.45) is 23.2 Å². The highest BCUT2D eigenvalue weighted by molar-refractivity contribution is 5.75. The topological polar surface area (TPSA) is 71.5 Å². The number of epoxide rings is 1. The first kappa shape index (κ1) is 38.1. The Morgan fingerprint density at radius 1 is 0.812 bits per heavy atom. The second-order valence-corrected chi connectivity index (χ2v) is 15.3. The molecule has 264 valence electrons. The monoisotopic (exact) mass is 658 g/mol. The molecule has 1 aliphatic rings. The summed E-state index contributed by atoms with van der Waals surface area (Å²) in [5, 5.41) is 20.8. The standard InChI is InChI=1S/C43H62O5/c1-9-11-12-13-31-14-16-33(17-15-31)34-18-20-38(32(10-2)26-34)35-19-21-39(46-24-23-37(28-44)41(45)43(6,7)8)36(27-35)22-25-47-42-40(48-42)30(5)29(3)4/h14-21,26-27,29-30,37,40-42,44-45H,9-13,22-25,28H2,1-8H3. The Balaban J connectivity index is 1.52. The summed E-state index contributed by atoms with van der Waals surface area (Å²) in [7, 11) is 0. The zero-order valence-electron chi connectivity index (χ0n) is 30.9. The summed E-state index contributed by atoms with van der Waals surface area (Å²) in [5.41, 5.74) is 8.40. The van der Waals surface area contributed by atoms with E-state index in [0.717, 1.165) is 29.7 Å². The molecule has 3 aromatic carbocycles. The minimum atomic E-state index is -0.611. The van der Waals surface area contributed by atoms with Crippen LogP contribution >= 0.6 is 0 Å². The van der Waals surface area contributed by atoms with E-state index < -0.39 is 6.10 Å². The van der Waals surface area contributed by atoms with Crippen LogP contribution in [0, 0.1) is 23.2 Å². The lowest BCUT2D eigenvalue weighted by atomic mass is 9.80. The van der Waals surface area contributed by atoms with E-state index in [2.05, 4.69) is 95.3 Å². The van der Waals surface area contributed by atoms with Crippen LogP contribution < -0.4 is 4.74 Å². The van der Waals surface area contributed by atoms with Crippen LogP contribution in [0.25, 0.3) is 22.3 Å². The fourth-order valence-electron chi connectivity index (χ4n) is 6.53. The Hall–Kier alpha value is -2.70. The number of aliphatic hydroxyl groups excluding tert-OH is 2. The lowest BCUT2D eigenvalue weighted by Gasteiger charge is -2.32. The minimum Gasteiger partial charge on any atom is -0.493 e. The minimum absolute atomic E-state index is 0.0717. The molecule has 4 rings (SSSR count). The van der Waals surface area contributed by atoms with E-state index in [1.54, 1.807) is 0 Å². The van der Waals surface area contributed by atoms with E-state index in [4.69, 9.17) is 14.2 Å². The molecule has 1 aliphatic heterocycles. The summed E-state index contributed by atoms with van der Waals surface area (Å²) in [5.74, 6) is 1.58. The van der Waals surface area contributed by atoms with Gasteiger partial charge >= 0.3 is 0 Å². The highest BCUT2D eigenvalue weighted by Gasteiger charge is 2.44. The SMILES string of the molecule is CCCCCc1ccc(-c2ccc(-c3ccc(OCCC(CO)C(O)C(C)(C)C)c(CCOC4OC4C(C)C(C)C)c3)c(CC)c2)cc1. The molecule has 0 amide bonds. The summed E-state index contributed by atoms with van der Waals surface area (Å²) < 4.78 is 18.4. The number of ether oxygens (including phenoxy) is 3. The Morgan fingerprint density at radius 2 is 1.50 bits per heavy atom. The largest absolute Gasteiger partial charge is 0.493 e. The molecule has 0 bridgehead atoms. The van der Waals surface area contributed by atoms with Crippen LogP contribution in [0.5, 0.6) is 5.75 Å². The third-order valence-corrected chi connectivity index (χ3v) is 10.2. The first-order valence-corrected chi connectivity index (χ1v) is 18.5. The number of aliphatic hydroxyl groups is 2. The van der Waals surface area contributed by atoms with Gasteiger partial charge in [-0.3, -0.25) is 0 Å². The predicted molar refractivity (Wildman–Crippen MR) is 198 cm³/mol. The van der Waals surface area contributed by atoms with Crippen LogP contribution in [0.15, 0.2) is 60.7 Å². The van der Waals surface area contributed by atoms with Gasteiger partial charge in [0.2, 0.25) is 0 Å². The maximum absolute atomic E-state index is 10.8. The van der Waals surface area contributed by atoms with Gasteiger partial charge in [0.25, 0.3) is 0 Å². The smallest absolute Gasteiger partial charge is 0.184 e. The Labute approximate surface area is 291 Å². The molecule has 3 aromatic rings. The van der Waals surface area contributed by atoms with Gasteiger partial charge in [0, 0.05) is 12.5 Å². The van der Waals surface area contributed by atoms with E-state index in [1.165, 1.54) is 47.1 Å². The van der Waals surface area contributed by atoms with Crippen molar-refractivity contribution in [1.82, 2.24) is 0 Å². The molecule has 0 spiro atoms. The molecule has 5 unspecified atom stereocenters. The van der Waals surface area contributed by atoms with Crippen LogP contribution in [0.3, 0.4) is 0 Å². The Bertz CT molecular complexity index is 1410. The van der Waals surface area contributed by atoms with E-state index in [-0.39, 0.29) is 30.3 Å². The van der Waals surface area contributed by atoms with Crippen molar-refractivity contribution in [3.63, 3.8) is 0 Å². The lowest BCUT2D eigenvalue weighted by Crippen LogP contribution is -2.36. The molecule has 0 saturated carbocycles.